The van der Waals surface area contributed by atoms with Crippen LogP contribution in [0.1, 0.15) is 17.5 Å². The van der Waals surface area contributed by atoms with E-state index in [1.54, 1.807) is 24.3 Å². The first kappa shape index (κ1) is 19.6. The summed E-state index contributed by atoms with van der Waals surface area (Å²) in [6, 6.07) is 15.3. The highest BCUT2D eigenvalue weighted by Gasteiger charge is 2.37. The van der Waals surface area contributed by atoms with E-state index in [0.29, 0.717) is 5.56 Å². The Bertz CT molecular complexity index is 1060. The van der Waals surface area contributed by atoms with Crippen molar-refractivity contribution < 1.29 is 18.0 Å². The number of rotatable bonds is 6. The van der Waals surface area contributed by atoms with Crippen LogP contribution in [0.15, 0.2) is 48.5 Å². The van der Waals surface area contributed by atoms with Gasteiger partial charge in [0.25, 0.3) is 5.91 Å². The van der Waals surface area contributed by atoms with Gasteiger partial charge < -0.3 is 5.32 Å². The quantitative estimate of drug-likeness (QED) is 0.751. The van der Waals surface area contributed by atoms with E-state index in [1.807, 2.05) is 24.3 Å². The van der Waals surface area contributed by atoms with Crippen LogP contribution in [0.25, 0.3) is 11.1 Å². The number of nitrogens with zero attached hydrogens (tertiary/aromatic N) is 2. The van der Waals surface area contributed by atoms with Gasteiger partial charge in [0.2, 0.25) is 0 Å². The number of hydrogen-bond acceptors (Lipinski definition) is 5. The van der Waals surface area contributed by atoms with Crippen LogP contribution in [0.2, 0.25) is 0 Å². The molecule has 2 aromatic rings. The first-order chi connectivity index (χ1) is 13.3. The van der Waals surface area contributed by atoms with Crippen LogP contribution >= 0.6 is 0 Å². The van der Waals surface area contributed by atoms with Gasteiger partial charge in [-0.05, 0) is 29.2 Å². The molecule has 1 saturated heterocycles. The van der Waals surface area contributed by atoms with Crippen molar-refractivity contribution in [3.63, 3.8) is 0 Å². The van der Waals surface area contributed by atoms with Crippen LogP contribution in [0, 0.1) is 11.3 Å². The number of carbonyl (C=O) groups excluding carboxylic acids is 2. The summed E-state index contributed by atoms with van der Waals surface area (Å²) in [5.74, 6) is -0.586. The zero-order chi connectivity index (χ0) is 20.3. The number of carbonyl (C=O) groups is 2. The van der Waals surface area contributed by atoms with Gasteiger partial charge in [-0.2, -0.15) is 5.26 Å². The number of hydrogen-bond donors (Lipinski definition) is 1. The number of imide groups is 1. The van der Waals surface area contributed by atoms with Crippen molar-refractivity contribution in [1.82, 2.24) is 10.2 Å². The van der Waals surface area contributed by atoms with E-state index < -0.39 is 27.8 Å². The van der Waals surface area contributed by atoms with E-state index in [0.717, 1.165) is 27.8 Å². The van der Waals surface area contributed by atoms with Gasteiger partial charge in [-0.25, -0.2) is 13.2 Å². The second-order valence-corrected chi connectivity index (χ2v) is 8.96. The minimum Gasteiger partial charge on any atom is -0.326 e. The monoisotopic (exact) mass is 397 g/mol. The Hall–Kier alpha value is -3.18. The molecule has 0 unspecified atom stereocenters. The Balaban J connectivity index is 1.71. The van der Waals surface area contributed by atoms with E-state index in [9.17, 15) is 23.3 Å². The van der Waals surface area contributed by atoms with Gasteiger partial charge >= 0.3 is 6.03 Å². The van der Waals surface area contributed by atoms with Crippen LogP contribution in [-0.2, 0) is 21.2 Å². The number of amides is 3. The van der Waals surface area contributed by atoms with Crippen LogP contribution in [0.5, 0.6) is 0 Å². The summed E-state index contributed by atoms with van der Waals surface area (Å²) in [6.45, 7) is 0.0974. The molecule has 1 atom stereocenters. The second-order valence-electron chi connectivity index (χ2n) is 6.70. The van der Waals surface area contributed by atoms with E-state index in [2.05, 4.69) is 11.4 Å². The van der Waals surface area contributed by atoms with Gasteiger partial charge in [0.15, 0.2) is 0 Å². The Kier molecular flexibility index (Phi) is 5.47. The minimum absolute atomic E-state index is 0.0593. The fourth-order valence-corrected chi connectivity index (χ4v) is 3.72. The smallest absolute Gasteiger partial charge is 0.325 e. The average Bonchev–Trinajstić information content (AvgIpc) is 2.94. The van der Waals surface area contributed by atoms with Crippen molar-refractivity contribution >= 4 is 21.8 Å². The van der Waals surface area contributed by atoms with Crippen LogP contribution in [0.3, 0.4) is 0 Å². The molecule has 0 radical (unpaired) electrons. The average molecular weight is 397 g/mol. The summed E-state index contributed by atoms with van der Waals surface area (Å²) in [7, 11) is -3.21. The number of nitrogens with one attached hydrogen (secondary N) is 1. The molecule has 0 aliphatic carbocycles. The third-order valence-corrected chi connectivity index (χ3v) is 5.51. The van der Waals surface area contributed by atoms with Crippen LogP contribution < -0.4 is 5.32 Å². The molecule has 1 fully saturated rings. The summed E-state index contributed by atoms with van der Waals surface area (Å²) < 4.78 is 22.6. The fraction of sp³-hybridized carbons (Fsp3) is 0.250. The van der Waals surface area contributed by atoms with Crippen molar-refractivity contribution in [2.75, 3.05) is 12.0 Å². The van der Waals surface area contributed by atoms with E-state index in [1.165, 1.54) is 0 Å². The highest BCUT2D eigenvalue weighted by Crippen LogP contribution is 2.24. The van der Waals surface area contributed by atoms with Crippen molar-refractivity contribution in [1.29, 1.82) is 5.26 Å². The van der Waals surface area contributed by atoms with E-state index >= 15 is 0 Å². The lowest BCUT2D eigenvalue weighted by molar-refractivity contribution is -0.127. The highest BCUT2D eigenvalue weighted by atomic mass is 32.2. The lowest BCUT2D eigenvalue weighted by atomic mass is 9.99. The Labute approximate surface area is 163 Å². The van der Waals surface area contributed by atoms with Crippen LogP contribution in [-0.4, -0.2) is 43.3 Å². The zero-order valence-electron chi connectivity index (χ0n) is 15.3. The van der Waals surface area contributed by atoms with Gasteiger partial charge in [-0.15, -0.1) is 0 Å². The predicted molar refractivity (Wildman–Crippen MR) is 104 cm³/mol. The Morgan fingerprint density at radius 3 is 2.43 bits per heavy atom. The van der Waals surface area contributed by atoms with Crippen molar-refractivity contribution in [2.45, 2.75) is 19.0 Å². The van der Waals surface area contributed by atoms with Crippen molar-refractivity contribution in [2.24, 2.45) is 0 Å². The number of sulfone groups is 1. The fourth-order valence-electron chi connectivity index (χ4n) is 3.06. The molecule has 144 valence electrons. The summed E-state index contributed by atoms with van der Waals surface area (Å²) in [5.41, 5.74) is 3.00. The lowest BCUT2D eigenvalue weighted by Crippen LogP contribution is -2.32. The van der Waals surface area contributed by atoms with E-state index in [-0.39, 0.29) is 18.7 Å². The van der Waals surface area contributed by atoms with Crippen molar-refractivity contribution in [3.05, 3.63) is 59.7 Å². The second kappa shape index (κ2) is 7.82. The summed E-state index contributed by atoms with van der Waals surface area (Å²) in [4.78, 5) is 25.6. The molecular formula is C20H19N3O4S. The molecule has 1 aliphatic rings. The molecule has 0 bridgehead atoms. The Morgan fingerprint density at radius 2 is 1.79 bits per heavy atom. The molecule has 8 heteroatoms. The predicted octanol–water partition coefficient (Wildman–Crippen LogP) is 2.08. The molecule has 3 rings (SSSR count). The van der Waals surface area contributed by atoms with E-state index in [4.69, 9.17) is 0 Å². The molecule has 3 amide bonds. The normalized spacial score (nSPS) is 16.7. The topological polar surface area (TPSA) is 107 Å². The molecule has 1 aliphatic heterocycles. The number of urea groups is 1. The SMILES string of the molecule is CS(=O)(=O)CC[C@@H]1NC(=O)N(Cc2ccc(-c3ccccc3C#N)cc2)C1=O. The molecule has 0 aromatic heterocycles. The number of nitriles is 1. The molecule has 0 saturated carbocycles. The molecule has 1 N–H and O–H groups in total. The van der Waals surface area contributed by atoms with Gasteiger partial charge in [-0.1, -0.05) is 42.5 Å². The van der Waals surface area contributed by atoms with Crippen molar-refractivity contribution in [3.8, 4) is 17.2 Å². The largest absolute Gasteiger partial charge is 0.326 e. The lowest BCUT2D eigenvalue weighted by Gasteiger charge is -2.13. The zero-order valence-corrected chi connectivity index (χ0v) is 16.1. The molecule has 0 spiro atoms. The Morgan fingerprint density at radius 1 is 1.11 bits per heavy atom. The number of benzene rings is 2. The third-order valence-electron chi connectivity index (χ3n) is 4.54. The maximum Gasteiger partial charge on any atom is 0.325 e. The summed E-state index contributed by atoms with van der Waals surface area (Å²) >= 11 is 0. The van der Waals surface area contributed by atoms with Crippen LogP contribution in [0.4, 0.5) is 4.79 Å². The van der Waals surface area contributed by atoms with Gasteiger partial charge in [-0.3, -0.25) is 9.69 Å². The first-order valence-electron chi connectivity index (χ1n) is 8.66. The molecular weight excluding hydrogens is 378 g/mol. The standard InChI is InChI=1S/C20H19N3O4S/c1-28(26,27)11-10-18-19(24)23(20(25)22-18)13-14-6-8-15(9-7-14)17-5-3-2-4-16(17)12-21/h2-9,18H,10-11,13H2,1H3,(H,22,25)/t18-/m0/s1. The maximum absolute atomic E-state index is 12.4. The molecule has 7 nitrogen and oxygen atoms in total. The maximum atomic E-state index is 12.4. The third kappa shape index (κ3) is 4.38. The first-order valence-corrected chi connectivity index (χ1v) is 10.7. The summed E-state index contributed by atoms with van der Waals surface area (Å²) in [6.07, 6.45) is 1.15. The van der Waals surface area contributed by atoms with Gasteiger partial charge in [0.05, 0.1) is 23.9 Å². The summed E-state index contributed by atoms with van der Waals surface area (Å²) in [5, 5.41) is 11.8. The highest BCUT2D eigenvalue weighted by molar-refractivity contribution is 7.90. The van der Waals surface area contributed by atoms with Gasteiger partial charge in [0.1, 0.15) is 15.9 Å². The molecule has 2 aromatic carbocycles. The minimum atomic E-state index is -3.21. The molecule has 1 heterocycles. The van der Waals surface area contributed by atoms with Gasteiger partial charge in [0, 0.05) is 6.26 Å². The molecule has 28 heavy (non-hydrogen) atoms.